The van der Waals surface area contributed by atoms with Gasteiger partial charge in [-0.3, -0.25) is 0 Å². The third-order valence-corrected chi connectivity index (χ3v) is 2.59. The van der Waals surface area contributed by atoms with Crippen LogP contribution in [0.4, 0.5) is 19.0 Å². The first-order valence-electron chi connectivity index (χ1n) is 5.71. The molecule has 0 saturated carbocycles. The third-order valence-electron chi connectivity index (χ3n) is 2.59. The van der Waals surface area contributed by atoms with E-state index in [4.69, 9.17) is 5.73 Å². The highest BCUT2D eigenvalue weighted by Crippen LogP contribution is 2.31. The second-order valence-corrected chi connectivity index (χ2v) is 4.03. The Balaban J connectivity index is 2.50. The molecule has 0 saturated heterocycles. The first kappa shape index (κ1) is 13.3. The molecule has 1 aromatic heterocycles. The van der Waals surface area contributed by atoms with E-state index < -0.39 is 11.7 Å². The summed E-state index contributed by atoms with van der Waals surface area (Å²) in [4.78, 5) is 8.18. The number of rotatable bonds is 2. The van der Waals surface area contributed by atoms with Crippen molar-refractivity contribution in [3.63, 3.8) is 0 Å². The van der Waals surface area contributed by atoms with Gasteiger partial charge in [-0.15, -0.1) is 0 Å². The molecule has 6 heteroatoms. The first-order valence-corrected chi connectivity index (χ1v) is 5.71. The number of hydrogen-bond donors (Lipinski definition) is 1. The Kier molecular flexibility index (Phi) is 3.42. The number of nitrogen functional groups attached to an aromatic ring is 1. The molecule has 0 aliphatic rings. The first-order chi connectivity index (χ1) is 8.90. The van der Waals surface area contributed by atoms with Gasteiger partial charge in [0.15, 0.2) is 0 Å². The minimum absolute atomic E-state index is 0.249. The van der Waals surface area contributed by atoms with E-state index in [1.54, 1.807) is 6.07 Å². The average Bonchev–Trinajstić information content (AvgIpc) is 2.37. The fourth-order valence-corrected chi connectivity index (χ4v) is 1.68. The van der Waals surface area contributed by atoms with E-state index in [0.29, 0.717) is 23.5 Å². The maximum atomic E-state index is 12.7. The molecule has 0 unspecified atom stereocenters. The second-order valence-electron chi connectivity index (χ2n) is 4.03. The second kappa shape index (κ2) is 4.87. The number of aromatic nitrogens is 2. The summed E-state index contributed by atoms with van der Waals surface area (Å²) in [5.74, 6) is 0.756. The van der Waals surface area contributed by atoms with Crippen molar-refractivity contribution in [2.24, 2.45) is 0 Å². The van der Waals surface area contributed by atoms with Gasteiger partial charge in [0.25, 0.3) is 0 Å². The van der Waals surface area contributed by atoms with Crippen LogP contribution in [0.2, 0.25) is 0 Å². The molecule has 1 heterocycles. The summed E-state index contributed by atoms with van der Waals surface area (Å²) in [6, 6.07) is 6.46. The molecular weight excluding hydrogens is 255 g/mol. The normalized spacial score (nSPS) is 11.6. The summed E-state index contributed by atoms with van der Waals surface area (Å²) in [5.41, 5.74) is 5.69. The van der Waals surface area contributed by atoms with Gasteiger partial charge in [-0.25, -0.2) is 9.97 Å². The number of nitrogens with two attached hydrogens (primary N) is 1. The van der Waals surface area contributed by atoms with Crippen molar-refractivity contribution < 1.29 is 13.2 Å². The molecule has 3 nitrogen and oxygen atoms in total. The van der Waals surface area contributed by atoms with Gasteiger partial charge < -0.3 is 5.73 Å². The van der Waals surface area contributed by atoms with Gasteiger partial charge in [0.1, 0.15) is 11.6 Å². The Bertz CT molecular complexity index is 594. The van der Waals surface area contributed by atoms with Gasteiger partial charge in [0, 0.05) is 18.1 Å². The van der Waals surface area contributed by atoms with Crippen molar-refractivity contribution in [3.05, 3.63) is 41.7 Å². The number of aryl methyl sites for hydroxylation is 1. The standard InChI is InChI=1S/C13H12F3N3/c1-2-12-18-10(7-11(17)19-12)8-4-3-5-9(6-8)13(14,15)16/h3-7H,2H2,1H3,(H2,17,18,19). The molecule has 2 N–H and O–H groups in total. The van der Waals surface area contributed by atoms with Gasteiger partial charge in [-0.05, 0) is 12.1 Å². The smallest absolute Gasteiger partial charge is 0.384 e. The Morgan fingerprint density at radius 3 is 2.53 bits per heavy atom. The fraction of sp³-hybridized carbons (Fsp3) is 0.231. The predicted molar refractivity (Wildman–Crippen MR) is 66.3 cm³/mol. The molecule has 0 spiro atoms. The van der Waals surface area contributed by atoms with E-state index in [9.17, 15) is 13.2 Å². The molecule has 2 aromatic rings. The number of halogens is 3. The summed E-state index contributed by atoms with van der Waals surface area (Å²) in [6.45, 7) is 1.85. The van der Waals surface area contributed by atoms with Gasteiger partial charge in [0.2, 0.25) is 0 Å². The van der Waals surface area contributed by atoms with Crippen molar-refractivity contribution >= 4 is 5.82 Å². The van der Waals surface area contributed by atoms with E-state index in [1.165, 1.54) is 12.1 Å². The quantitative estimate of drug-likeness (QED) is 0.908. The summed E-state index contributed by atoms with van der Waals surface area (Å²) < 4.78 is 38.0. The average molecular weight is 267 g/mol. The molecule has 0 aliphatic carbocycles. The number of anilines is 1. The lowest BCUT2D eigenvalue weighted by Crippen LogP contribution is -2.05. The van der Waals surface area contributed by atoms with E-state index in [1.807, 2.05) is 6.92 Å². The highest BCUT2D eigenvalue weighted by molar-refractivity contribution is 5.62. The molecule has 0 bridgehead atoms. The zero-order valence-electron chi connectivity index (χ0n) is 10.2. The molecule has 0 aliphatic heterocycles. The van der Waals surface area contributed by atoms with Gasteiger partial charge in [0.05, 0.1) is 11.3 Å². The Morgan fingerprint density at radius 2 is 1.89 bits per heavy atom. The minimum Gasteiger partial charge on any atom is -0.384 e. The monoisotopic (exact) mass is 267 g/mol. The largest absolute Gasteiger partial charge is 0.416 e. The molecule has 1 aromatic carbocycles. The molecule has 2 rings (SSSR count). The summed E-state index contributed by atoms with van der Waals surface area (Å²) in [5, 5.41) is 0. The van der Waals surface area contributed by atoms with E-state index in [2.05, 4.69) is 9.97 Å². The number of hydrogen-bond acceptors (Lipinski definition) is 3. The van der Waals surface area contributed by atoms with Crippen LogP contribution in [0.5, 0.6) is 0 Å². The van der Waals surface area contributed by atoms with Gasteiger partial charge in [-0.1, -0.05) is 19.1 Å². The van der Waals surface area contributed by atoms with Crippen molar-refractivity contribution in [3.8, 4) is 11.3 Å². The Hall–Kier alpha value is -2.11. The maximum Gasteiger partial charge on any atom is 0.416 e. The summed E-state index contributed by atoms with van der Waals surface area (Å²) >= 11 is 0. The molecule has 19 heavy (non-hydrogen) atoms. The van der Waals surface area contributed by atoms with Crippen LogP contribution in [0.15, 0.2) is 30.3 Å². The molecule has 0 radical (unpaired) electrons. The molecular formula is C13H12F3N3. The molecule has 0 fully saturated rings. The van der Waals surface area contributed by atoms with Crippen LogP contribution in [-0.4, -0.2) is 9.97 Å². The SMILES string of the molecule is CCc1nc(N)cc(-c2cccc(C(F)(F)F)c2)n1. The number of nitrogens with zero attached hydrogens (tertiary/aromatic N) is 2. The van der Waals surface area contributed by atoms with Crippen LogP contribution < -0.4 is 5.73 Å². The third kappa shape index (κ3) is 3.01. The molecule has 0 atom stereocenters. The number of benzene rings is 1. The van der Waals surface area contributed by atoms with E-state index in [0.717, 1.165) is 12.1 Å². The van der Waals surface area contributed by atoms with E-state index >= 15 is 0 Å². The topological polar surface area (TPSA) is 51.8 Å². The van der Waals surface area contributed by atoms with E-state index in [-0.39, 0.29) is 5.82 Å². The van der Waals surface area contributed by atoms with Crippen LogP contribution in [0, 0.1) is 0 Å². The lowest BCUT2D eigenvalue weighted by Gasteiger charge is -2.09. The minimum atomic E-state index is -4.37. The van der Waals surface area contributed by atoms with Crippen molar-refractivity contribution in [2.75, 3.05) is 5.73 Å². The summed E-state index contributed by atoms with van der Waals surface area (Å²) in [6.07, 6.45) is -3.81. The highest BCUT2D eigenvalue weighted by Gasteiger charge is 2.30. The van der Waals surface area contributed by atoms with Crippen molar-refractivity contribution in [2.45, 2.75) is 19.5 Å². The van der Waals surface area contributed by atoms with Crippen molar-refractivity contribution in [1.29, 1.82) is 0 Å². The van der Waals surface area contributed by atoms with Crippen LogP contribution in [0.3, 0.4) is 0 Å². The molecule has 0 amide bonds. The fourth-order valence-electron chi connectivity index (χ4n) is 1.68. The zero-order chi connectivity index (χ0) is 14.0. The predicted octanol–water partition coefficient (Wildman–Crippen LogP) is 3.31. The lowest BCUT2D eigenvalue weighted by molar-refractivity contribution is -0.137. The molecule has 100 valence electrons. The van der Waals surface area contributed by atoms with Crippen LogP contribution in [0.1, 0.15) is 18.3 Å². The van der Waals surface area contributed by atoms with Crippen molar-refractivity contribution in [1.82, 2.24) is 9.97 Å². The highest BCUT2D eigenvalue weighted by atomic mass is 19.4. The number of alkyl halides is 3. The van der Waals surface area contributed by atoms with Crippen LogP contribution in [-0.2, 0) is 12.6 Å². The Morgan fingerprint density at radius 1 is 1.16 bits per heavy atom. The summed E-state index contributed by atoms with van der Waals surface area (Å²) in [7, 11) is 0. The van der Waals surface area contributed by atoms with Crippen LogP contribution >= 0.6 is 0 Å². The van der Waals surface area contributed by atoms with Crippen LogP contribution in [0.25, 0.3) is 11.3 Å². The van der Waals surface area contributed by atoms with Gasteiger partial charge >= 0.3 is 6.18 Å². The maximum absolute atomic E-state index is 12.7. The lowest BCUT2D eigenvalue weighted by atomic mass is 10.1. The Labute approximate surface area is 108 Å². The zero-order valence-corrected chi connectivity index (χ0v) is 10.2. The van der Waals surface area contributed by atoms with Gasteiger partial charge in [-0.2, -0.15) is 13.2 Å².